The summed E-state index contributed by atoms with van der Waals surface area (Å²) in [6.45, 7) is 3.24. The lowest BCUT2D eigenvalue weighted by Crippen LogP contribution is -2.51. The number of carbonyl (C=O) groups excluding carboxylic acids is 3. The predicted molar refractivity (Wildman–Crippen MR) is 160 cm³/mol. The molecule has 2 N–H and O–H groups in total. The van der Waals surface area contributed by atoms with Gasteiger partial charge in [-0.05, 0) is 51.9 Å². The average molecular weight is 674 g/mol. The maximum absolute atomic E-state index is 14.6. The number of nitrogens with zero attached hydrogens (tertiary/aromatic N) is 4. The van der Waals surface area contributed by atoms with Crippen LogP contribution in [0.5, 0.6) is 0 Å². The number of anilines is 1. The standard InChI is InChI=1S/C31H36FN5O11/c1-6-31(43-5,15-45-25(40)18-10-30(11-18)8-7-9-30)20(38)13-37-16-33-22-23(34-26(32)36-24(22)37)35-27(41)48-29(3,4)12-21(39)44-14-19-17(2)46-28(42)47-19/h1,16,18,20,38H,7-15H2,2-5H3,(H,34,35,36,41)/t20-,31?/m0/s1. The van der Waals surface area contributed by atoms with Gasteiger partial charge in [-0.2, -0.15) is 14.4 Å². The summed E-state index contributed by atoms with van der Waals surface area (Å²) in [5.41, 5.74) is -3.04. The highest BCUT2D eigenvalue weighted by Gasteiger charge is 2.51. The minimum absolute atomic E-state index is 0.0349. The molecule has 2 atom stereocenters. The summed E-state index contributed by atoms with van der Waals surface area (Å²) in [4.78, 5) is 60.4. The van der Waals surface area contributed by atoms with Gasteiger partial charge in [0.1, 0.15) is 18.3 Å². The molecule has 2 fully saturated rings. The number of ether oxygens (including phenoxy) is 4. The highest BCUT2D eigenvalue weighted by Crippen LogP contribution is 2.58. The minimum Gasteiger partial charge on any atom is -0.461 e. The van der Waals surface area contributed by atoms with E-state index in [1.54, 1.807) is 0 Å². The van der Waals surface area contributed by atoms with Crippen molar-refractivity contribution in [3.8, 4) is 12.3 Å². The van der Waals surface area contributed by atoms with Crippen LogP contribution in [-0.2, 0) is 41.7 Å². The molecule has 0 bridgehead atoms. The van der Waals surface area contributed by atoms with Crippen LogP contribution in [0, 0.1) is 36.7 Å². The summed E-state index contributed by atoms with van der Waals surface area (Å²) < 4.78 is 46.6. The number of halogens is 1. The van der Waals surface area contributed by atoms with Crippen molar-refractivity contribution in [2.24, 2.45) is 11.3 Å². The zero-order chi connectivity index (χ0) is 34.9. The number of rotatable bonds is 13. The van der Waals surface area contributed by atoms with Gasteiger partial charge in [0, 0.05) is 7.11 Å². The first kappa shape index (κ1) is 34.5. The number of aliphatic hydroxyl groups excluding tert-OH is 1. The van der Waals surface area contributed by atoms with E-state index in [0.717, 1.165) is 25.7 Å². The molecule has 1 unspecified atom stereocenters. The van der Waals surface area contributed by atoms with E-state index in [1.165, 1.54) is 45.2 Å². The van der Waals surface area contributed by atoms with Crippen molar-refractivity contribution < 1.29 is 51.7 Å². The van der Waals surface area contributed by atoms with Crippen molar-refractivity contribution in [1.82, 2.24) is 19.5 Å². The van der Waals surface area contributed by atoms with Crippen LogP contribution in [0.25, 0.3) is 11.2 Å². The number of carbonyl (C=O) groups is 3. The number of amides is 1. The van der Waals surface area contributed by atoms with E-state index in [0.29, 0.717) is 0 Å². The van der Waals surface area contributed by atoms with Crippen LogP contribution in [-0.4, -0.2) is 73.7 Å². The molecule has 16 nitrogen and oxygen atoms in total. The lowest BCUT2D eigenvalue weighted by atomic mass is 9.52. The van der Waals surface area contributed by atoms with Crippen LogP contribution in [0.2, 0.25) is 0 Å². The zero-order valence-corrected chi connectivity index (χ0v) is 26.9. The summed E-state index contributed by atoms with van der Waals surface area (Å²) in [7, 11) is 1.27. The molecule has 3 heterocycles. The van der Waals surface area contributed by atoms with Crippen molar-refractivity contribution in [2.45, 2.75) is 89.8 Å². The molecule has 2 saturated carbocycles. The number of hydrogen-bond donors (Lipinski definition) is 2. The summed E-state index contributed by atoms with van der Waals surface area (Å²) in [5.74, 6) is -0.112. The molecule has 3 aromatic heterocycles. The van der Waals surface area contributed by atoms with E-state index in [1.807, 2.05) is 0 Å². The second-order valence-electron chi connectivity index (χ2n) is 12.8. The van der Waals surface area contributed by atoms with Gasteiger partial charge in [0.05, 0.1) is 25.2 Å². The number of hydrogen-bond acceptors (Lipinski definition) is 14. The van der Waals surface area contributed by atoms with E-state index in [9.17, 15) is 28.7 Å². The molecule has 2 aliphatic carbocycles. The van der Waals surface area contributed by atoms with E-state index < -0.39 is 60.3 Å². The molecule has 0 saturated heterocycles. The molecule has 258 valence electrons. The molecule has 5 rings (SSSR count). The Labute approximate surface area is 273 Å². The lowest BCUT2D eigenvalue weighted by Gasteiger charge is -2.53. The molecular weight excluding hydrogens is 637 g/mol. The van der Waals surface area contributed by atoms with Gasteiger partial charge in [-0.3, -0.25) is 14.9 Å². The third kappa shape index (κ3) is 7.34. The summed E-state index contributed by atoms with van der Waals surface area (Å²) in [5, 5.41) is 13.4. The van der Waals surface area contributed by atoms with Crippen molar-refractivity contribution in [2.75, 3.05) is 19.0 Å². The van der Waals surface area contributed by atoms with Crippen molar-refractivity contribution in [3.63, 3.8) is 0 Å². The predicted octanol–water partition coefficient (Wildman–Crippen LogP) is 2.78. The van der Waals surface area contributed by atoms with Crippen LogP contribution in [0.4, 0.5) is 15.0 Å². The quantitative estimate of drug-likeness (QED) is 0.116. The van der Waals surface area contributed by atoms with Gasteiger partial charge in [-0.15, -0.1) is 6.42 Å². The van der Waals surface area contributed by atoms with Gasteiger partial charge in [-0.25, -0.2) is 14.6 Å². The van der Waals surface area contributed by atoms with Gasteiger partial charge in [0.15, 0.2) is 40.7 Å². The Morgan fingerprint density at radius 1 is 1.25 bits per heavy atom. The van der Waals surface area contributed by atoms with Gasteiger partial charge < -0.3 is 37.5 Å². The topological polar surface area (TPSA) is 207 Å². The van der Waals surface area contributed by atoms with Crippen molar-refractivity contribution in [1.29, 1.82) is 0 Å². The second kappa shape index (κ2) is 13.4. The molecule has 1 amide bonds. The molecule has 1 spiro atoms. The SMILES string of the molecule is C#CC(COC(=O)C1CC2(CCC2)C1)(OC)[C@@H](O)Cn1cnc2c(NC(=O)OC(C)(C)CC(=O)OCc3oc(=O)oc3C)nc(F)nc21. The van der Waals surface area contributed by atoms with Gasteiger partial charge >= 0.3 is 29.9 Å². The Bertz CT molecular complexity index is 1800. The number of methoxy groups -OCH3 is 1. The minimum atomic E-state index is -1.74. The van der Waals surface area contributed by atoms with Crippen LogP contribution >= 0.6 is 0 Å². The molecule has 48 heavy (non-hydrogen) atoms. The second-order valence-corrected chi connectivity index (χ2v) is 12.8. The smallest absolute Gasteiger partial charge is 0.461 e. The number of imidazole rings is 1. The number of terminal acetylenes is 1. The number of aromatic nitrogens is 4. The average Bonchev–Trinajstić information content (AvgIpc) is 3.51. The third-order valence-corrected chi connectivity index (χ3v) is 8.85. The molecule has 2 aliphatic rings. The first-order valence-electron chi connectivity index (χ1n) is 15.2. The van der Waals surface area contributed by atoms with E-state index in [4.69, 9.17) is 34.2 Å². The third-order valence-electron chi connectivity index (χ3n) is 8.85. The Morgan fingerprint density at radius 3 is 2.58 bits per heavy atom. The summed E-state index contributed by atoms with van der Waals surface area (Å²) in [6.07, 6.45) is 7.73. The number of aryl methyl sites for hydroxylation is 1. The summed E-state index contributed by atoms with van der Waals surface area (Å²) >= 11 is 0. The van der Waals surface area contributed by atoms with E-state index in [-0.39, 0.29) is 53.0 Å². The number of esters is 2. The van der Waals surface area contributed by atoms with Gasteiger partial charge in [0.2, 0.25) is 0 Å². The van der Waals surface area contributed by atoms with Crippen LogP contribution < -0.4 is 11.1 Å². The summed E-state index contributed by atoms with van der Waals surface area (Å²) in [6, 6.07) is 0. The highest BCUT2D eigenvalue weighted by atomic mass is 19.1. The van der Waals surface area contributed by atoms with Crippen molar-refractivity contribution >= 4 is 35.0 Å². The van der Waals surface area contributed by atoms with Crippen LogP contribution in [0.1, 0.15) is 63.9 Å². The highest BCUT2D eigenvalue weighted by molar-refractivity contribution is 5.93. The molecular formula is C31H36FN5O11. The monoisotopic (exact) mass is 673 g/mol. The molecule has 3 aromatic rings. The van der Waals surface area contributed by atoms with Crippen LogP contribution in [0.3, 0.4) is 0 Å². The first-order chi connectivity index (χ1) is 22.7. The fourth-order valence-electron chi connectivity index (χ4n) is 5.95. The van der Waals surface area contributed by atoms with E-state index in [2.05, 4.69) is 26.2 Å². The lowest BCUT2D eigenvalue weighted by molar-refractivity contribution is -0.172. The number of fused-ring (bicyclic) bond motifs is 1. The fourth-order valence-corrected chi connectivity index (χ4v) is 5.95. The Balaban J connectivity index is 1.20. The Hall–Kier alpha value is -4.82. The fraction of sp³-hybridized carbons (Fsp3) is 0.581. The Morgan fingerprint density at radius 2 is 1.98 bits per heavy atom. The molecule has 0 radical (unpaired) electrons. The van der Waals surface area contributed by atoms with Crippen molar-refractivity contribution in [3.05, 3.63) is 34.5 Å². The molecule has 17 heteroatoms. The molecule has 0 aliphatic heterocycles. The normalized spacial score (nSPS) is 17.4. The van der Waals surface area contributed by atoms with Gasteiger partial charge in [-0.1, -0.05) is 12.3 Å². The maximum atomic E-state index is 14.6. The van der Waals surface area contributed by atoms with Crippen LogP contribution in [0.15, 0.2) is 20.0 Å². The maximum Gasteiger partial charge on any atom is 0.519 e. The number of aliphatic hydroxyl groups is 1. The van der Waals surface area contributed by atoms with E-state index >= 15 is 0 Å². The molecule has 0 aromatic carbocycles. The Kier molecular flexibility index (Phi) is 9.60. The van der Waals surface area contributed by atoms with Gasteiger partial charge in [0.25, 0.3) is 0 Å². The zero-order valence-electron chi connectivity index (χ0n) is 26.9. The first-order valence-corrected chi connectivity index (χ1v) is 15.2. The largest absolute Gasteiger partial charge is 0.519 e. The number of nitrogens with one attached hydrogen (secondary N) is 1.